The van der Waals surface area contributed by atoms with E-state index in [-0.39, 0.29) is 18.0 Å². The molecule has 1 aromatic carbocycles. The maximum atomic E-state index is 12.7. The molecule has 6 rings (SSSR count). The Morgan fingerprint density at radius 1 is 1.08 bits per heavy atom. The van der Waals surface area contributed by atoms with Crippen molar-refractivity contribution < 1.29 is 14.3 Å². The van der Waals surface area contributed by atoms with E-state index >= 15 is 0 Å². The zero-order chi connectivity index (χ0) is 27.3. The van der Waals surface area contributed by atoms with Crippen molar-refractivity contribution in [3.8, 4) is 11.3 Å². The minimum Gasteiger partial charge on any atom is -0.444 e. The number of carbonyl (C=O) groups excluding carboxylic acids is 2. The van der Waals surface area contributed by atoms with E-state index in [9.17, 15) is 9.59 Å². The first-order valence-corrected chi connectivity index (χ1v) is 13.9. The van der Waals surface area contributed by atoms with E-state index in [1.54, 1.807) is 17.3 Å². The zero-order valence-electron chi connectivity index (χ0n) is 22.4. The predicted molar refractivity (Wildman–Crippen MR) is 154 cm³/mol. The summed E-state index contributed by atoms with van der Waals surface area (Å²) in [5.74, 6) is 0.592. The number of piperazine rings is 1. The fraction of sp³-hybridized carbons (Fsp3) is 0.393. The highest BCUT2D eigenvalue weighted by molar-refractivity contribution is 7.21. The summed E-state index contributed by atoms with van der Waals surface area (Å²) in [6.45, 7) is 10.7. The number of hydrogen-bond acceptors (Lipinski definition) is 9. The third-order valence-electron chi connectivity index (χ3n) is 6.84. The molecule has 10 nitrogen and oxygen atoms in total. The maximum Gasteiger partial charge on any atom is 0.410 e. The molecule has 2 aliphatic rings. The number of rotatable bonds is 2. The van der Waals surface area contributed by atoms with Gasteiger partial charge < -0.3 is 25.2 Å². The lowest BCUT2D eigenvalue weighted by atomic mass is 10.1. The van der Waals surface area contributed by atoms with Crippen LogP contribution in [0.3, 0.4) is 0 Å². The average Bonchev–Trinajstić information content (AvgIpc) is 3.23. The Morgan fingerprint density at radius 2 is 1.82 bits per heavy atom. The molecular formula is C28H31N7O3S. The van der Waals surface area contributed by atoms with E-state index < -0.39 is 5.60 Å². The minimum atomic E-state index is -0.509. The molecule has 0 bridgehead atoms. The first-order chi connectivity index (χ1) is 18.7. The smallest absolute Gasteiger partial charge is 0.410 e. The summed E-state index contributed by atoms with van der Waals surface area (Å²) in [7, 11) is 0. The number of thiophene rings is 1. The second kappa shape index (κ2) is 9.64. The molecule has 1 atom stereocenters. The van der Waals surface area contributed by atoms with Gasteiger partial charge in [-0.15, -0.1) is 11.3 Å². The molecule has 1 fully saturated rings. The molecule has 2 aliphatic heterocycles. The number of amides is 2. The van der Waals surface area contributed by atoms with Crippen LogP contribution in [0.15, 0.2) is 36.7 Å². The Kier molecular flexibility index (Phi) is 6.25. The third-order valence-corrected chi connectivity index (χ3v) is 7.99. The van der Waals surface area contributed by atoms with Gasteiger partial charge in [0.1, 0.15) is 10.5 Å². The maximum absolute atomic E-state index is 12.7. The van der Waals surface area contributed by atoms with Gasteiger partial charge >= 0.3 is 6.09 Å². The molecule has 3 aromatic heterocycles. The normalized spacial score (nSPS) is 17.9. The highest BCUT2D eigenvalue weighted by Crippen LogP contribution is 2.41. The molecule has 2 amide bonds. The molecule has 0 saturated carbocycles. The summed E-state index contributed by atoms with van der Waals surface area (Å²) in [4.78, 5) is 43.7. The number of benzene rings is 1. The number of anilines is 2. The van der Waals surface area contributed by atoms with E-state index in [0.717, 1.165) is 37.9 Å². The highest BCUT2D eigenvalue weighted by atomic mass is 32.1. The molecule has 1 saturated heterocycles. The average molecular weight is 546 g/mol. The van der Waals surface area contributed by atoms with Gasteiger partial charge in [-0.25, -0.2) is 19.7 Å². The predicted octanol–water partition coefficient (Wildman–Crippen LogP) is 4.51. The molecule has 2 N–H and O–H groups in total. The van der Waals surface area contributed by atoms with E-state index in [4.69, 9.17) is 9.72 Å². The van der Waals surface area contributed by atoms with Crippen molar-refractivity contribution in [2.75, 3.05) is 42.9 Å². The highest BCUT2D eigenvalue weighted by Gasteiger charge is 2.27. The number of nitrogens with zero attached hydrogens (tertiary/aromatic N) is 5. The van der Waals surface area contributed by atoms with Crippen LogP contribution in [0.5, 0.6) is 0 Å². The lowest BCUT2D eigenvalue weighted by molar-refractivity contribution is 0.0240. The lowest BCUT2D eigenvalue weighted by Crippen LogP contribution is -2.50. The summed E-state index contributed by atoms with van der Waals surface area (Å²) >= 11 is 1.50. The van der Waals surface area contributed by atoms with Gasteiger partial charge in [0.2, 0.25) is 5.95 Å². The van der Waals surface area contributed by atoms with Crippen LogP contribution in [-0.4, -0.2) is 76.2 Å². The number of pyridine rings is 1. The van der Waals surface area contributed by atoms with Crippen LogP contribution in [0.1, 0.15) is 37.4 Å². The molecule has 11 heteroatoms. The number of aromatic nitrogens is 3. The fourth-order valence-electron chi connectivity index (χ4n) is 4.92. The van der Waals surface area contributed by atoms with Gasteiger partial charge in [-0.1, -0.05) is 0 Å². The van der Waals surface area contributed by atoms with E-state index in [2.05, 4.69) is 31.6 Å². The number of fused-ring (bicyclic) bond motifs is 5. The largest absolute Gasteiger partial charge is 0.444 e. The van der Waals surface area contributed by atoms with Crippen molar-refractivity contribution in [3.63, 3.8) is 0 Å². The Bertz CT molecular complexity index is 1570. The Morgan fingerprint density at radius 3 is 2.54 bits per heavy atom. The molecular weight excluding hydrogens is 514 g/mol. The van der Waals surface area contributed by atoms with Crippen LogP contribution < -0.4 is 15.5 Å². The van der Waals surface area contributed by atoms with Crippen molar-refractivity contribution >= 4 is 56.0 Å². The molecule has 4 aromatic rings. The molecule has 0 aliphatic carbocycles. The van der Waals surface area contributed by atoms with E-state index in [1.165, 1.54) is 11.3 Å². The van der Waals surface area contributed by atoms with Gasteiger partial charge in [-0.3, -0.25) is 4.79 Å². The molecule has 5 heterocycles. The third kappa shape index (κ3) is 4.94. The quantitative estimate of drug-likeness (QED) is 0.379. The lowest BCUT2D eigenvalue weighted by Gasteiger charge is -2.35. The first kappa shape index (κ1) is 25.3. The summed E-state index contributed by atoms with van der Waals surface area (Å²) in [5.41, 5.74) is 2.83. The van der Waals surface area contributed by atoms with Crippen LogP contribution in [0.25, 0.3) is 32.2 Å². The molecule has 39 heavy (non-hydrogen) atoms. The Labute approximate surface area is 230 Å². The van der Waals surface area contributed by atoms with Crippen molar-refractivity contribution in [1.29, 1.82) is 0 Å². The standard InChI is InChI=1S/C28H31N7O3S/c1-16-13-29-23-22-18-5-6-19(33-20(18)7-8-21(22)39-24(23)25(36)32-16)17-14-30-26(31-15-17)34-9-11-35(12-10-34)27(37)38-28(2,3)4/h5-8,14-16,29H,9-13H2,1-4H3,(H,32,36)/t16-/m1/s1. The van der Waals surface area contributed by atoms with Crippen molar-refractivity contribution in [1.82, 2.24) is 25.2 Å². The van der Waals surface area contributed by atoms with E-state index in [1.807, 2.05) is 45.9 Å². The van der Waals surface area contributed by atoms with Crippen molar-refractivity contribution in [3.05, 3.63) is 41.5 Å². The van der Waals surface area contributed by atoms with Gasteiger partial charge in [0.15, 0.2) is 0 Å². The van der Waals surface area contributed by atoms with Gasteiger partial charge in [-0.2, -0.15) is 0 Å². The van der Waals surface area contributed by atoms with E-state index in [0.29, 0.717) is 43.5 Å². The Balaban J connectivity index is 1.21. The second-order valence-corrected chi connectivity index (χ2v) is 12.0. The number of hydrogen-bond donors (Lipinski definition) is 2. The number of carbonyl (C=O) groups is 2. The van der Waals surface area contributed by atoms with Crippen LogP contribution in [0.2, 0.25) is 0 Å². The molecule has 0 spiro atoms. The monoisotopic (exact) mass is 545 g/mol. The van der Waals surface area contributed by atoms with Crippen LogP contribution in [-0.2, 0) is 4.74 Å². The second-order valence-electron chi connectivity index (χ2n) is 11.0. The number of ether oxygens (including phenoxy) is 1. The summed E-state index contributed by atoms with van der Waals surface area (Å²) < 4.78 is 6.54. The number of nitrogens with one attached hydrogen (secondary N) is 2. The molecule has 0 unspecified atom stereocenters. The van der Waals surface area contributed by atoms with Gasteiger partial charge in [0, 0.05) is 72.2 Å². The fourth-order valence-corrected chi connectivity index (χ4v) is 6.02. The van der Waals surface area contributed by atoms with Gasteiger partial charge in [0.25, 0.3) is 5.91 Å². The topological polar surface area (TPSA) is 113 Å². The van der Waals surface area contributed by atoms with Crippen molar-refractivity contribution in [2.45, 2.75) is 39.3 Å². The van der Waals surface area contributed by atoms with Gasteiger partial charge in [-0.05, 0) is 52.0 Å². The Hall–Kier alpha value is -3.99. The van der Waals surface area contributed by atoms with Crippen LogP contribution >= 0.6 is 11.3 Å². The minimum absolute atomic E-state index is 0.0371. The zero-order valence-corrected chi connectivity index (χ0v) is 23.3. The van der Waals surface area contributed by atoms with Crippen LogP contribution in [0.4, 0.5) is 16.4 Å². The SMILES string of the molecule is C[C@@H]1CNc2c(sc3ccc4nc(-c5cnc(N6CCN(C(=O)OC(C)(C)C)CC6)nc5)ccc4c23)C(=O)N1. The van der Waals surface area contributed by atoms with Crippen LogP contribution in [0, 0.1) is 0 Å². The van der Waals surface area contributed by atoms with Gasteiger partial charge in [0.05, 0.1) is 16.9 Å². The summed E-state index contributed by atoms with van der Waals surface area (Å²) in [6, 6.07) is 8.12. The molecule has 202 valence electrons. The first-order valence-electron chi connectivity index (χ1n) is 13.1. The molecule has 0 radical (unpaired) electrons. The summed E-state index contributed by atoms with van der Waals surface area (Å²) in [5, 5.41) is 8.54. The summed E-state index contributed by atoms with van der Waals surface area (Å²) in [6.07, 6.45) is 3.29. The van der Waals surface area contributed by atoms with Crippen molar-refractivity contribution in [2.24, 2.45) is 0 Å².